The Labute approximate surface area is 182 Å². The van der Waals surface area contributed by atoms with Crippen molar-refractivity contribution in [2.24, 2.45) is 46.3 Å². The number of hydrogen-bond donors (Lipinski definition) is 3. The van der Waals surface area contributed by atoms with E-state index >= 15 is 0 Å². The van der Waals surface area contributed by atoms with Crippen molar-refractivity contribution < 1.29 is 20.1 Å². The van der Waals surface area contributed by atoms with E-state index < -0.39 is 5.97 Å². The van der Waals surface area contributed by atoms with Gasteiger partial charge >= 0.3 is 5.97 Å². The minimum absolute atomic E-state index is 0.0452. The Bertz CT molecular complexity index is 701. The number of aliphatic hydroxyl groups is 2. The van der Waals surface area contributed by atoms with Crippen LogP contribution in [0.15, 0.2) is 11.6 Å². The number of aliphatic carboxylic acids is 1. The number of rotatable bonds is 5. The van der Waals surface area contributed by atoms with Crippen molar-refractivity contribution in [3.63, 3.8) is 0 Å². The monoisotopic (exact) mass is 418 g/mol. The summed E-state index contributed by atoms with van der Waals surface area (Å²) in [5.74, 6) is 1.69. The molecule has 170 valence electrons. The first-order valence-electron chi connectivity index (χ1n) is 12.4. The van der Waals surface area contributed by atoms with E-state index in [0.717, 1.165) is 44.9 Å². The lowest BCUT2D eigenvalue weighted by molar-refractivity contribution is -0.141. The maximum absolute atomic E-state index is 11.5. The van der Waals surface area contributed by atoms with Crippen molar-refractivity contribution in [1.29, 1.82) is 0 Å². The molecule has 3 N–H and O–H groups in total. The number of carboxylic acids is 1. The summed E-state index contributed by atoms with van der Waals surface area (Å²) in [4.78, 5) is 11.2. The molecule has 4 aliphatic carbocycles. The zero-order valence-electron chi connectivity index (χ0n) is 19.3. The van der Waals surface area contributed by atoms with Crippen molar-refractivity contribution in [2.45, 2.75) is 97.7 Å². The summed E-state index contributed by atoms with van der Waals surface area (Å²) < 4.78 is 0. The Morgan fingerprint density at radius 3 is 2.57 bits per heavy atom. The summed E-state index contributed by atoms with van der Waals surface area (Å²) in [7, 11) is 0. The Morgan fingerprint density at radius 2 is 1.87 bits per heavy atom. The summed E-state index contributed by atoms with van der Waals surface area (Å²) in [6.07, 6.45) is 10.6. The maximum Gasteiger partial charge on any atom is 0.306 e. The first-order chi connectivity index (χ1) is 14.1. The first kappa shape index (κ1) is 22.3. The molecule has 0 radical (unpaired) electrons. The third-order valence-electron chi connectivity index (χ3n) is 10.3. The molecule has 3 saturated carbocycles. The van der Waals surface area contributed by atoms with Crippen LogP contribution in [0.5, 0.6) is 0 Å². The molecule has 4 aliphatic rings. The van der Waals surface area contributed by atoms with E-state index in [1.54, 1.807) is 0 Å². The summed E-state index contributed by atoms with van der Waals surface area (Å²) in [5.41, 5.74) is 1.61. The Kier molecular flexibility index (Phi) is 5.89. The van der Waals surface area contributed by atoms with Crippen LogP contribution in [0.4, 0.5) is 0 Å². The molecule has 0 bridgehead atoms. The first-order valence-corrected chi connectivity index (χ1v) is 12.4. The van der Waals surface area contributed by atoms with Gasteiger partial charge in [0, 0.05) is 0 Å². The lowest BCUT2D eigenvalue weighted by Crippen LogP contribution is -2.57. The van der Waals surface area contributed by atoms with E-state index in [1.807, 2.05) is 6.92 Å². The second-order valence-corrected chi connectivity index (χ2v) is 11.8. The van der Waals surface area contributed by atoms with Gasteiger partial charge in [0.2, 0.25) is 0 Å². The van der Waals surface area contributed by atoms with E-state index in [0.29, 0.717) is 29.6 Å². The summed E-state index contributed by atoms with van der Waals surface area (Å²) in [6.45, 7) is 8.93. The zero-order chi connectivity index (χ0) is 21.8. The van der Waals surface area contributed by atoms with Gasteiger partial charge in [-0.25, -0.2) is 0 Å². The van der Waals surface area contributed by atoms with Crippen molar-refractivity contribution in [3.8, 4) is 0 Å². The molecule has 0 aromatic rings. The quantitative estimate of drug-likeness (QED) is 0.547. The van der Waals surface area contributed by atoms with Gasteiger partial charge in [0.25, 0.3) is 0 Å². The van der Waals surface area contributed by atoms with Gasteiger partial charge in [0.1, 0.15) is 0 Å². The standard InChI is InChI=1S/C26H42O4/c1-15(5-6-16(2)24(29)30)20-9-10-21-19-8-7-17-13-18(27)11-12-25(17,3)23(19)22(28)14-26(20,21)4/h13,15-16,18-23,27-28H,5-12,14H2,1-4H3,(H,29,30)/t15-,16-,18?,19?,20-,21?,22+,23?,25+,26-/m1/s1. The van der Waals surface area contributed by atoms with Crippen LogP contribution in [0.25, 0.3) is 0 Å². The normalized spacial score (nSPS) is 47.5. The van der Waals surface area contributed by atoms with Gasteiger partial charge in [-0.3, -0.25) is 4.79 Å². The fourth-order valence-corrected chi connectivity index (χ4v) is 8.65. The highest BCUT2D eigenvalue weighted by Crippen LogP contribution is 2.67. The summed E-state index contributed by atoms with van der Waals surface area (Å²) >= 11 is 0. The highest BCUT2D eigenvalue weighted by molar-refractivity contribution is 5.69. The number of carboxylic acid groups (broad SMARTS) is 1. The van der Waals surface area contributed by atoms with E-state index in [9.17, 15) is 20.1 Å². The molecule has 4 nitrogen and oxygen atoms in total. The molecule has 4 heteroatoms. The van der Waals surface area contributed by atoms with Crippen LogP contribution in [-0.2, 0) is 4.79 Å². The summed E-state index contributed by atoms with van der Waals surface area (Å²) in [5, 5.41) is 30.9. The Hall–Kier alpha value is -0.870. The highest BCUT2D eigenvalue weighted by Gasteiger charge is 2.62. The number of carbonyl (C=O) groups is 1. The lowest BCUT2D eigenvalue weighted by atomic mass is 9.45. The Balaban J connectivity index is 1.54. The van der Waals surface area contributed by atoms with Gasteiger partial charge in [-0.05, 0) is 98.2 Å². The van der Waals surface area contributed by atoms with Crippen molar-refractivity contribution in [3.05, 3.63) is 11.6 Å². The smallest absolute Gasteiger partial charge is 0.306 e. The second kappa shape index (κ2) is 7.92. The van der Waals surface area contributed by atoms with Crippen LogP contribution in [-0.4, -0.2) is 33.5 Å². The van der Waals surface area contributed by atoms with Gasteiger partial charge < -0.3 is 15.3 Å². The van der Waals surface area contributed by atoms with Crippen LogP contribution in [0.2, 0.25) is 0 Å². The molecule has 3 fully saturated rings. The van der Waals surface area contributed by atoms with Crippen LogP contribution in [0, 0.1) is 46.3 Å². The third-order valence-corrected chi connectivity index (χ3v) is 10.3. The maximum atomic E-state index is 11.5. The van der Waals surface area contributed by atoms with Crippen molar-refractivity contribution >= 4 is 5.97 Å². The predicted molar refractivity (Wildman–Crippen MR) is 118 cm³/mol. The second-order valence-electron chi connectivity index (χ2n) is 11.8. The van der Waals surface area contributed by atoms with Crippen LogP contribution >= 0.6 is 0 Å². The van der Waals surface area contributed by atoms with Gasteiger partial charge in [0.15, 0.2) is 0 Å². The van der Waals surface area contributed by atoms with Gasteiger partial charge in [-0.15, -0.1) is 0 Å². The molecule has 0 spiro atoms. The highest BCUT2D eigenvalue weighted by atomic mass is 16.4. The minimum atomic E-state index is -0.689. The molecule has 0 aliphatic heterocycles. The number of hydrogen-bond acceptors (Lipinski definition) is 3. The van der Waals surface area contributed by atoms with Crippen LogP contribution in [0.1, 0.15) is 85.5 Å². The average molecular weight is 419 g/mol. The van der Waals surface area contributed by atoms with E-state index in [2.05, 4.69) is 26.8 Å². The van der Waals surface area contributed by atoms with E-state index in [-0.39, 0.29) is 29.0 Å². The fraction of sp³-hybridized carbons (Fsp3) is 0.885. The van der Waals surface area contributed by atoms with Gasteiger partial charge in [0.05, 0.1) is 18.1 Å². The molecule has 0 aromatic carbocycles. The van der Waals surface area contributed by atoms with Crippen molar-refractivity contribution in [2.75, 3.05) is 0 Å². The number of fused-ring (bicyclic) bond motifs is 5. The fourth-order valence-electron chi connectivity index (χ4n) is 8.65. The molecule has 0 heterocycles. The largest absolute Gasteiger partial charge is 0.481 e. The molecule has 10 atom stereocenters. The van der Waals surface area contributed by atoms with Crippen molar-refractivity contribution in [1.82, 2.24) is 0 Å². The Morgan fingerprint density at radius 1 is 1.13 bits per heavy atom. The number of allylic oxidation sites excluding steroid dienone is 1. The van der Waals surface area contributed by atoms with E-state index in [1.165, 1.54) is 18.4 Å². The zero-order valence-corrected chi connectivity index (χ0v) is 19.3. The lowest BCUT2D eigenvalue weighted by Gasteiger charge is -2.60. The SMILES string of the molecule is C[C@H](CC[C@@H](C)[C@H]1CCC2C3CCC4=CC(O)CC[C@]4(C)C3[C@@H](O)C[C@@]21C)C(=O)O. The average Bonchev–Trinajstić information content (AvgIpc) is 3.02. The topological polar surface area (TPSA) is 77.8 Å². The predicted octanol–water partition coefficient (Wildman–Crippen LogP) is 5.03. The molecular weight excluding hydrogens is 376 g/mol. The van der Waals surface area contributed by atoms with E-state index in [4.69, 9.17) is 0 Å². The molecule has 0 saturated heterocycles. The molecule has 4 rings (SSSR count). The third kappa shape index (κ3) is 3.46. The molecule has 0 aromatic heterocycles. The van der Waals surface area contributed by atoms with Crippen LogP contribution in [0.3, 0.4) is 0 Å². The molecular formula is C26H42O4. The molecule has 30 heavy (non-hydrogen) atoms. The number of aliphatic hydroxyl groups excluding tert-OH is 2. The minimum Gasteiger partial charge on any atom is -0.481 e. The summed E-state index contributed by atoms with van der Waals surface area (Å²) in [6, 6.07) is 0. The molecule has 4 unspecified atom stereocenters. The van der Waals surface area contributed by atoms with Gasteiger partial charge in [-0.1, -0.05) is 39.3 Å². The van der Waals surface area contributed by atoms with Gasteiger partial charge in [-0.2, -0.15) is 0 Å². The van der Waals surface area contributed by atoms with Crippen LogP contribution < -0.4 is 0 Å². The molecule has 0 amide bonds.